The lowest BCUT2D eigenvalue weighted by Crippen LogP contribution is -2.22. The summed E-state index contributed by atoms with van der Waals surface area (Å²) < 4.78 is 67.0. The molecule has 204 valence electrons. The van der Waals surface area contributed by atoms with Crippen molar-refractivity contribution in [3.8, 4) is 0 Å². The summed E-state index contributed by atoms with van der Waals surface area (Å²) in [5.41, 5.74) is 4.30. The molecule has 1 aliphatic rings. The Hall–Kier alpha value is -3.50. The molecular formula is C30H31NO6S2. The summed E-state index contributed by atoms with van der Waals surface area (Å²) >= 11 is 0. The van der Waals surface area contributed by atoms with Crippen LogP contribution in [0.25, 0.3) is 5.57 Å². The minimum absolute atomic E-state index is 0.154. The quantitative estimate of drug-likeness (QED) is 0.299. The van der Waals surface area contributed by atoms with E-state index in [-0.39, 0.29) is 9.79 Å². The van der Waals surface area contributed by atoms with Crippen LogP contribution in [0, 0.1) is 5.92 Å². The number of anilines is 1. The lowest BCUT2D eigenvalue weighted by Gasteiger charge is -2.24. The SMILES string of the molecule is CCC1C=CC(=C(c2ccc(N(CC)Cc3cccc(S(=O)(=O)O)c3)cc2)c2ccccc2S(=O)(=O)O)C=C1. The molecule has 0 radical (unpaired) electrons. The van der Waals surface area contributed by atoms with Crippen LogP contribution in [0.5, 0.6) is 0 Å². The number of rotatable bonds is 9. The van der Waals surface area contributed by atoms with Gasteiger partial charge in [-0.2, -0.15) is 16.8 Å². The number of nitrogens with zero attached hydrogens (tertiary/aromatic N) is 1. The molecule has 0 spiro atoms. The molecule has 4 rings (SSSR count). The summed E-state index contributed by atoms with van der Waals surface area (Å²) in [5, 5.41) is 0. The molecule has 2 N–H and O–H groups in total. The van der Waals surface area contributed by atoms with E-state index in [9.17, 15) is 25.9 Å². The predicted molar refractivity (Wildman–Crippen MR) is 154 cm³/mol. The lowest BCUT2D eigenvalue weighted by atomic mass is 9.88. The van der Waals surface area contributed by atoms with Crippen LogP contribution in [0.15, 0.2) is 112 Å². The van der Waals surface area contributed by atoms with Crippen LogP contribution >= 0.6 is 0 Å². The van der Waals surface area contributed by atoms with Gasteiger partial charge in [0, 0.05) is 24.3 Å². The van der Waals surface area contributed by atoms with E-state index in [1.807, 2.05) is 43.3 Å². The zero-order chi connectivity index (χ0) is 28.2. The van der Waals surface area contributed by atoms with Gasteiger partial charge in [0.2, 0.25) is 0 Å². The van der Waals surface area contributed by atoms with E-state index in [1.165, 1.54) is 18.2 Å². The number of benzene rings is 3. The molecule has 0 aromatic heterocycles. The van der Waals surface area contributed by atoms with Crippen molar-refractivity contribution < 1.29 is 25.9 Å². The summed E-state index contributed by atoms with van der Waals surface area (Å²) in [7, 11) is -8.77. The maximum atomic E-state index is 12.2. The van der Waals surface area contributed by atoms with Crippen molar-refractivity contribution in [1.82, 2.24) is 0 Å². The van der Waals surface area contributed by atoms with Crippen LogP contribution in [0.3, 0.4) is 0 Å². The Bertz CT molecular complexity index is 1640. The van der Waals surface area contributed by atoms with Crippen LogP contribution in [-0.4, -0.2) is 32.5 Å². The van der Waals surface area contributed by atoms with Gasteiger partial charge in [-0.05, 0) is 71.9 Å². The van der Waals surface area contributed by atoms with E-state index in [1.54, 1.807) is 30.3 Å². The maximum absolute atomic E-state index is 12.2. The molecule has 0 heterocycles. The molecule has 3 aromatic rings. The average Bonchev–Trinajstić information content (AvgIpc) is 2.92. The van der Waals surface area contributed by atoms with Crippen molar-refractivity contribution in [3.63, 3.8) is 0 Å². The van der Waals surface area contributed by atoms with Crippen LogP contribution in [0.2, 0.25) is 0 Å². The van der Waals surface area contributed by atoms with Crippen molar-refractivity contribution in [2.24, 2.45) is 5.92 Å². The molecule has 9 heteroatoms. The first-order valence-corrected chi connectivity index (χ1v) is 15.5. The van der Waals surface area contributed by atoms with Gasteiger partial charge in [0.15, 0.2) is 0 Å². The van der Waals surface area contributed by atoms with E-state index in [2.05, 4.69) is 24.0 Å². The molecule has 3 aromatic carbocycles. The van der Waals surface area contributed by atoms with Gasteiger partial charge >= 0.3 is 0 Å². The molecule has 0 fully saturated rings. The Kier molecular flexibility index (Phi) is 8.56. The van der Waals surface area contributed by atoms with Crippen molar-refractivity contribution >= 4 is 31.5 Å². The summed E-state index contributed by atoms with van der Waals surface area (Å²) in [5.74, 6) is 0.298. The van der Waals surface area contributed by atoms with Gasteiger partial charge < -0.3 is 4.90 Å². The van der Waals surface area contributed by atoms with Gasteiger partial charge in [0.05, 0.1) is 4.90 Å². The second-order valence-electron chi connectivity index (χ2n) is 9.28. The average molecular weight is 566 g/mol. The second kappa shape index (κ2) is 11.7. The highest BCUT2D eigenvalue weighted by molar-refractivity contribution is 7.86. The summed E-state index contributed by atoms with van der Waals surface area (Å²) in [6.45, 7) is 5.14. The fraction of sp³-hybridized carbons (Fsp3) is 0.200. The van der Waals surface area contributed by atoms with Crippen LogP contribution in [-0.2, 0) is 26.8 Å². The van der Waals surface area contributed by atoms with Crippen molar-refractivity contribution in [1.29, 1.82) is 0 Å². The fourth-order valence-electron chi connectivity index (χ4n) is 4.64. The van der Waals surface area contributed by atoms with Crippen molar-refractivity contribution in [3.05, 3.63) is 119 Å². The second-order valence-corrected chi connectivity index (χ2v) is 12.1. The van der Waals surface area contributed by atoms with Gasteiger partial charge in [0.25, 0.3) is 20.2 Å². The van der Waals surface area contributed by atoms with Crippen LogP contribution in [0.1, 0.15) is 37.0 Å². The largest absolute Gasteiger partial charge is 0.367 e. The third-order valence-corrected chi connectivity index (χ3v) is 8.47. The molecular weight excluding hydrogens is 534 g/mol. The predicted octanol–water partition coefficient (Wildman–Crippen LogP) is 6.16. The Labute approximate surface area is 230 Å². The Morgan fingerprint density at radius 1 is 0.821 bits per heavy atom. The maximum Gasteiger partial charge on any atom is 0.295 e. The molecule has 0 atom stereocenters. The van der Waals surface area contributed by atoms with E-state index < -0.39 is 20.2 Å². The third-order valence-electron chi connectivity index (χ3n) is 6.71. The zero-order valence-corrected chi connectivity index (χ0v) is 23.4. The van der Waals surface area contributed by atoms with Gasteiger partial charge in [-0.15, -0.1) is 0 Å². The molecule has 1 aliphatic carbocycles. The summed E-state index contributed by atoms with van der Waals surface area (Å²) in [4.78, 5) is 1.74. The monoisotopic (exact) mass is 565 g/mol. The minimum atomic E-state index is -4.47. The Morgan fingerprint density at radius 3 is 2.08 bits per heavy atom. The van der Waals surface area contributed by atoms with Gasteiger partial charge in [-0.1, -0.05) is 73.7 Å². The number of hydrogen-bond acceptors (Lipinski definition) is 5. The molecule has 0 bridgehead atoms. The molecule has 0 unspecified atom stereocenters. The van der Waals surface area contributed by atoms with Gasteiger partial charge in [0.1, 0.15) is 4.90 Å². The number of hydrogen-bond donors (Lipinski definition) is 2. The van der Waals surface area contributed by atoms with Crippen LogP contribution < -0.4 is 4.90 Å². The molecule has 0 saturated heterocycles. The fourth-order valence-corrected chi connectivity index (χ4v) is 5.89. The Balaban J connectivity index is 1.75. The number of allylic oxidation sites excluding steroid dienone is 5. The zero-order valence-electron chi connectivity index (χ0n) is 21.7. The minimum Gasteiger partial charge on any atom is -0.367 e. The molecule has 39 heavy (non-hydrogen) atoms. The highest BCUT2D eigenvalue weighted by atomic mass is 32.2. The first-order chi connectivity index (χ1) is 18.5. The topological polar surface area (TPSA) is 112 Å². The van der Waals surface area contributed by atoms with E-state index in [0.717, 1.165) is 28.8 Å². The highest BCUT2D eigenvalue weighted by Gasteiger charge is 2.21. The smallest absolute Gasteiger partial charge is 0.295 e. The van der Waals surface area contributed by atoms with Gasteiger partial charge in [-0.25, -0.2) is 0 Å². The molecule has 0 amide bonds. The van der Waals surface area contributed by atoms with E-state index >= 15 is 0 Å². The molecule has 7 nitrogen and oxygen atoms in total. The van der Waals surface area contributed by atoms with Crippen LogP contribution in [0.4, 0.5) is 5.69 Å². The summed E-state index contributed by atoms with van der Waals surface area (Å²) in [6, 6.07) is 20.2. The third kappa shape index (κ3) is 6.75. The first-order valence-electron chi connectivity index (χ1n) is 12.6. The van der Waals surface area contributed by atoms with Gasteiger partial charge in [-0.3, -0.25) is 9.11 Å². The van der Waals surface area contributed by atoms with E-state index in [0.29, 0.717) is 30.1 Å². The van der Waals surface area contributed by atoms with E-state index in [4.69, 9.17) is 0 Å². The first kappa shape index (κ1) is 28.5. The summed E-state index contributed by atoms with van der Waals surface area (Å²) in [6.07, 6.45) is 9.09. The Morgan fingerprint density at radius 2 is 1.49 bits per heavy atom. The standard InChI is InChI=1S/C30H31NO6S2/c1-3-22-12-14-24(15-13-22)30(28-10-5-6-11-29(28)39(35,36)37)25-16-18-26(19-17-25)31(4-2)21-23-8-7-9-27(20-23)38(32,33)34/h5-20,22H,3-4,21H2,1-2H3,(H,32,33,34)(H,35,36,37). The molecule has 0 aliphatic heterocycles. The molecule has 0 saturated carbocycles. The normalized spacial score (nSPS) is 15.4. The van der Waals surface area contributed by atoms with Crippen molar-refractivity contribution in [2.45, 2.75) is 36.6 Å². The lowest BCUT2D eigenvalue weighted by molar-refractivity contribution is 0.480. The van der Waals surface area contributed by atoms with Crippen molar-refractivity contribution in [2.75, 3.05) is 11.4 Å². The highest BCUT2D eigenvalue weighted by Crippen LogP contribution is 2.35.